The summed E-state index contributed by atoms with van der Waals surface area (Å²) in [6.45, 7) is 2.78. The summed E-state index contributed by atoms with van der Waals surface area (Å²) in [5.41, 5.74) is 1.75. The summed E-state index contributed by atoms with van der Waals surface area (Å²) in [5, 5.41) is 0. The molecule has 0 fully saturated rings. The van der Waals surface area contributed by atoms with Gasteiger partial charge in [-0.2, -0.15) is 4.31 Å². The maximum Gasteiger partial charge on any atom is 0.245 e. The molecule has 0 bridgehead atoms. The molecule has 1 atom stereocenters. The summed E-state index contributed by atoms with van der Waals surface area (Å²) >= 11 is 1.57. The van der Waals surface area contributed by atoms with E-state index in [4.69, 9.17) is 0 Å². The normalized spacial score (nSPS) is 19.8. The van der Waals surface area contributed by atoms with Gasteiger partial charge in [-0.25, -0.2) is 8.42 Å². The molecule has 0 aromatic heterocycles. The Labute approximate surface area is 161 Å². The average Bonchev–Trinajstić information content (AvgIpc) is 2.75. The molecule has 0 spiro atoms. The topological polar surface area (TPSA) is 40.6 Å². The van der Waals surface area contributed by atoms with Gasteiger partial charge in [0.05, 0.1) is 5.69 Å². The minimum absolute atomic E-state index is 0.0646. The number of thioether (sulfide) groups is 1. The Kier molecular flexibility index (Phi) is 5.95. The Morgan fingerprint density at radius 3 is 2.65 bits per heavy atom. The zero-order valence-corrected chi connectivity index (χ0v) is 17.1. The van der Waals surface area contributed by atoms with Gasteiger partial charge in [-0.15, -0.1) is 11.8 Å². The van der Waals surface area contributed by atoms with Crippen molar-refractivity contribution in [1.82, 2.24) is 4.31 Å². The van der Waals surface area contributed by atoms with Crippen molar-refractivity contribution in [3.05, 3.63) is 48.5 Å². The van der Waals surface area contributed by atoms with Crippen LogP contribution >= 0.6 is 11.8 Å². The molecule has 3 rings (SSSR count). The van der Waals surface area contributed by atoms with Crippen LogP contribution in [0.25, 0.3) is 0 Å². The van der Waals surface area contributed by atoms with E-state index in [-0.39, 0.29) is 6.04 Å². The summed E-state index contributed by atoms with van der Waals surface area (Å²) in [6, 6.07) is 16.7. The van der Waals surface area contributed by atoms with E-state index in [1.54, 1.807) is 29.2 Å². The Balaban J connectivity index is 2.18. The third kappa shape index (κ3) is 3.63. The smallest absolute Gasteiger partial charge is 0.245 e. The van der Waals surface area contributed by atoms with E-state index in [9.17, 15) is 8.42 Å². The van der Waals surface area contributed by atoms with Gasteiger partial charge < -0.3 is 4.90 Å². The highest BCUT2D eigenvalue weighted by Crippen LogP contribution is 2.39. The van der Waals surface area contributed by atoms with E-state index < -0.39 is 10.0 Å². The average molecular weight is 390 g/mol. The molecule has 2 aromatic carbocycles. The lowest BCUT2D eigenvalue weighted by molar-refractivity contribution is 0.351. The van der Waals surface area contributed by atoms with Crippen molar-refractivity contribution in [2.24, 2.45) is 0 Å². The maximum atomic E-state index is 13.2. The molecule has 0 amide bonds. The van der Waals surface area contributed by atoms with Gasteiger partial charge in [0, 0.05) is 30.2 Å². The van der Waals surface area contributed by atoms with E-state index >= 15 is 0 Å². The predicted octanol–water partition coefficient (Wildman–Crippen LogP) is 4.54. The molecule has 0 N–H and O–H groups in total. The van der Waals surface area contributed by atoms with Crippen molar-refractivity contribution in [3.8, 4) is 0 Å². The summed E-state index contributed by atoms with van der Waals surface area (Å²) in [4.78, 5) is 3.42. The fourth-order valence-electron chi connectivity index (χ4n) is 3.32. The van der Waals surface area contributed by atoms with Crippen LogP contribution in [0.3, 0.4) is 0 Å². The molecular formula is C20H25N2O2S2. The molecule has 4 nitrogen and oxygen atoms in total. The first-order chi connectivity index (χ1) is 12.5. The van der Waals surface area contributed by atoms with Crippen LogP contribution < -0.4 is 4.90 Å². The van der Waals surface area contributed by atoms with E-state index in [1.807, 2.05) is 42.7 Å². The van der Waals surface area contributed by atoms with Crippen LogP contribution in [0, 0.1) is 6.07 Å². The third-order valence-corrected chi connectivity index (χ3v) is 7.51. The van der Waals surface area contributed by atoms with Crippen molar-refractivity contribution in [2.75, 3.05) is 24.7 Å². The highest BCUT2D eigenvalue weighted by molar-refractivity contribution is 7.98. The number of likely N-dealkylation sites (N-methyl/N-ethyl adjacent to an activating group) is 1. The number of hydrogen-bond donors (Lipinski definition) is 0. The number of anilines is 2. The molecule has 139 valence electrons. The zero-order chi connectivity index (χ0) is 18.7. The standard InChI is InChI=1S/C20H25N2O2S2/c1-4-5-9-17-15-22(16-10-7-6-8-11-16)19-14-18(25-3)12-13-20(19)26(23,24)21(17)2/h6-8,10-11,13-14,17H,4-5,9,15H2,1-3H3. The molecule has 1 aliphatic heterocycles. The van der Waals surface area contributed by atoms with E-state index in [0.29, 0.717) is 11.4 Å². The quantitative estimate of drug-likeness (QED) is 0.704. The summed E-state index contributed by atoms with van der Waals surface area (Å²) < 4.78 is 28.0. The van der Waals surface area contributed by atoms with Gasteiger partial charge in [-0.3, -0.25) is 0 Å². The lowest BCUT2D eigenvalue weighted by atomic mass is 10.1. The van der Waals surface area contributed by atoms with Crippen LogP contribution in [-0.2, 0) is 10.0 Å². The van der Waals surface area contributed by atoms with Crippen molar-refractivity contribution < 1.29 is 8.42 Å². The molecule has 0 aliphatic carbocycles. The van der Waals surface area contributed by atoms with E-state index in [0.717, 1.165) is 35.5 Å². The summed E-state index contributed by atoms with van der Waals surface area (Å²) in [7, 11) is -1.85. The lowest BCUT2D eigenvalue weighted by Gasteiger charge is -2.29. The van der Waals surface area contributed by atoms with Crippen molar-refractivity contribution in [2.45, 2.75) is 42.0 Å². The highest BCUT2D eigenvalue weighted by atomic mass is 32.2. The van der Waals surface area contributed by atoms with E-state index in [1.165, 1.54) is 0 Å². The number of hydrogen-bond acceptors (Lipinski definition) is 4. The molecule has 1 radical (unpaired) electrons. The fourth-order valence-corrected chi connectivity index (χ4v) is 5.25. The van der Waals surface area contributed by atoms with Gasteiger partial charge in [0.2, 0.25) is 10.0 Å². The highest BCUT2D eigenvalue weighted by Gasteiger charge is 2.36. The first kappa shape index (κ1) is 19.3. The largest absolute Gasteiger partial charge is 0.339 e. The molecule has 0 saturated heterocycles. The number of sulfonamides is 1. The van der Waals surface area contributed by atoms with Gasteiger partial charge in [-0.05, 0) is 43.0 Å². The molecule has 2 aromatic rings. The third-order valence-electron chi connectivity index (χ3n) is 4.90. The molecule has 1 aliphatic rings. The molecule has 1 heterocycles. The van der Waals surface area contributed by atoms with Crippen LogP contribution in [0.4, 0.5) is 11.4 Å². The SMILES string of the molecule is CCCCC1CN(c2ccccc2)c2cc(SC)[c]cc2S(=O)(=O)N1C. The lowest BCUT2D eigenvalue weighted by Crippen LogP contribution is -2.40. The van der Waals surface area contributed by atoms with Gasteiger partial charge in [0.25, 0.3) is 0 Å². The number of rotatable bonds is 5. The van der Waals surface area contributed by atoms with Gasteiger partial charge >= 0.3 is 0 Å². The van der Waals surface area contributed by atoms with Gasteiger partial charge in [-0.1, -0.05) is 38.0 Å². The van der Waals surface area contributed by atoms with Gasteiger partial charge in [0.15, 0.2) is 0 Å². The molecule has 26 heavy (non-hydrogen) atoms. The summed E-state index contributed by atoms with van der Waals surface area (Å²) in [5.74, 6) is 0. The number of para-hydroxylation sites is 1. The number of fused-ring (bicyclic) bond motifs is 1. The Hall–Kier alpha value is -1.50. The number of benzene rings is 2. The molecule has 6 heteroatoms. The Bertz CT molecular complexity index is 853. The van der Waals surface area contributed by atoms with Crippen molar-refractivity contribution in [3.63, 3.8) is 0 Å². The number of unbranched alkanes of at least 4 members (excludes halogenated alkanes) is 1. The zero-order valence-electron chi connectivity index (χ0n) is 15.5. The molecular weight excluding hydrogens is 364 g/mol. The first-order valence-electron chi connectivity index (χ1n) is 8.89. The molecule has 0 saturated carbocycles. The van der Waals surface area contributed by atoms with Gasteiger partial charge in [0.1, 0.15) is 4.90 Å². The fraction of sp³-hybridized carbons (Fsp3) is 0.400. The van der Waals surface area contributed by atoms with Crippen LogP contribution in [0.2, 0.25) is 0 Å². The minimum Gasteiger partial charge on any atom is -0.339 e. The van der Waals surface area contributed by atoms with Crippen molar-refractivity contribution >= 4 is 33.2 Å². The summed E-state index contributed by atoms with van der Waals surface area (Å²) in [6.07, 6.45) is 4.88. The Morgan fingerprint density at radius 2 is 2.00 bits per heavy atom. The monoisotopic (exact) mass is 389 g/mol. The Morgan fingerprint density at radius 1 is 1.27 bits per heavy atom. The second-order valence-corrected chi connectivity index (χ2v) is 9.33. The molecule has 1 unspecified atom stereocenters. The number of nitrogens with zero attached hydrogens (tertiary/aromatic N) is 2. The van der Waals surface area contributed by atoms with E-state index in [2.05, 4.69) is 17.9 Å². The second kappa shape index (κ2) is 8.03. The maximum absolute atomic E-state index is 13.2. The first-order valence-corrected chi connectivity index (χ1v) is 11.6. The predicted molar refractivity (Wildman–Crippen MR) is 109 cm³/mol. The minimum atomic E-state index is -3.55. The van der Waals surface area contributed by atoms with Crippen LogP contribution in [-0.4, -0.2) is 38.6 Å². The van der Waals surface area contributed by atoms with Crippen molar-refractivity contribution in [1.29, 1.82) is 0 Å². The van der Waals surface area contributed by atoms with Crippen LogP contribution in [0.1, 0.15) is 26.2 Å². The second-order valence-electron chi connectivity index (χ2n) is 6.51. The van der Waals surface area contributed by atoms with Crippen LogP contribution in [0.5, 0.6) is 0 Å². The van der Waals surface area contributed by atoms with Crippen LogP contribution in [0.15, 0.2) is 52.3 Å².